The Kier molecular flexibility index (Phi) is 5.87. The van der Waals surface area contributed by atoms with Crippen molar-refractivity contribution < 1.29 is 22.6 Å². The van der Waals surface area contributed by atoms with Gasteiger partial charge in [-0.1, -0.05) is 0 Å². The predicted octanol–water partition coefficient (Wildman–Crippen LogP) is 2.49. The average Bonchev–Trinajstić information content (AvgIpc) is 2.25. The maximum atomic E-state index is 11.9. The molecule has 0 aliphatic carbocycles. The molecule has 0 aromatic carbocycles. The van der Waals surface area contributed by atoms with Crippen LogP contribution in [0.2, 0.25) is 0 Å². The Morgan fingerprint density at radius 2 is 2.06 bits per heavy atom. The van der Waals surface area contributed by atoms with Crippen LogP contribution < -0.4 is 14.8 Å². The van der Waals surface area contributed by atoms with Crippen molar-refractivity contribution in [1.82, 2.24) is 4.98 Å². The highest BCUT2D eigenvalue weighted by Crippen LogP contribution is 2.28. The third-order valence-electron chi connectivity index (χ3n) is 1.70. The highest BCUT2D eigenvalue weighted by molar-refractivity contribution is 5.85. The van der Waals surface area contributed by atoms with Crippen LogP contribution in [-0.2, 0) is 0 Å². The first kappa shape index (κ1) is 15.6. The summed E-state index contributed by atoms with van der Waals surface area (Å²) >= 11 is 0. The van der Waals surface area contributed by atoms with Gasteiger partial charge in [0.15, 0.2) is 12.4 Å². The molecule has 1 aromatic heterocycles. The minimum absolute atomic E-state index is 0. The summed E-state index contributed by atoms with van der Waals surface area (Å²) in [5.41, 5.74) is 0.621. The molecule has 8 heteroatoms. The lowest BCUT2D eigenvalue weighted by molar-refractivity contribution is -0.154. The van der Waals surface area contributed by atoms with E-state index in [-0.39, 0.29) is 24.0 Å². The third kappa shape index (κ3) is 4.99. The van der Waals surface area contributed by atoms with E-state index in [1.54, 1.807) is 7.05 Å². The number of pyridine rings is 1. The molecule has 0 amide bonds. The van der Waals surface area contributed by atoms with Crippen molar-refractivity contribution in [2.45, 2.75) is 6.18 Å². The molecule has 0 bridgehead atoms. The summed E-state index contributed by atoms with van der Waals surface area (Å²) < 4.78 is 45.1. The van der Waals surface area contributed by atoms with Crippen LogP contribution in [0.4, 0.5) is 18.9 Å². The van der Waals surface area contributed by atoms with E-state index in [2.05, 4.69) is 15.0 Å². The van der Waals surface area contributed by atoms with Crippen LogP contribution in [-0.4, -0.2) is 31.9 Å². The SMILES string of the molecule is CNc1cnc(OCC(F)(F)F)c(OC)c1.Cl. The molecule has 0 aliphatic heterocycles. The van der Waals surface area contributed by atoms with E-state index in [0.29, 0.717) is 5.69 Å². The molecule has 0 spiro atoms. The Morgan fingerprint density at radius 3 is 2.53 bits per heavy atom. The zero-order chi connectivity index (χ0) is 12.2. The molecule has 0 fully saturated rings. The lowest BCUT2D eigenvalue weighted by Gasteiger charge is -2.12. The van der Waals surface area contributed by atoms with Gasteiger partial charge in [-0.15, -0.1) is 12.4 Å². The van der Waals surface area contributed by atoms with Gasteiger partial charge in [0.2, 0.25) is 0 Å². The molecule has 0 saturated heterocycles. The van der Waals surface area contributed by atoms with Gasteiger partial charge in [-0.05, 0) is 0 Å². The van der Waals surface area contributed by atoms with E-state index in [4.69, 9.17) is 4.74 Å². The summed E-state index contributed by atoms with van der Waals surface area (Å²) in [6.07, 6.45) is -3.04. The van der Waals surface area contributed by atoms with Crippen LogP contribution in [0, 0.1) is 0 Å². The first-order valence-corrected chi connectivity index (χ1v) is 4.37. The summed E-state index contributed by atoms with van der Waals surface area (Å²) in [5, 5.41) is 2.78. The molecule has 0 radical (unpaired) electrons. The predicted molar refractivity (Wildman–Crippen MR) is 59.1 cm³/mol. The molecule has 1 aromatic rings. The molecule has 0 saturated carbocycles. The molecule has 1 N–H and O–H groups in total. The summed E-state index contributed by atoms with van der Waals surface area (Å²) in [6, 6.07) is 1.50. The minimum atomic E-state index is -4.39. The molecule has 1 heterocycles. The lowest BCUT2D eigenvalue weighted by atomic mass is 10.4. The van der Waals surface area contributed by atoms with Gasteiger partial charge in [-0.2, -0.15) is 13.2 Å². The quantitative estimate of drug-likeness (QED) is 0.915. The topological polar surface area (TPSA) is 43.4 Å². The average molecular weight is 273 g/mol. The molecule has 0 atom stereocenters. The largest absolute Gasteiger partial charge is 0.491 e. The molecule has 0 aliphatic rings. The number of nitrogens with zero attached hydrogens (tertiary/aromatic N) is 1. The van der Waals surface area contributed by atoms with Crippen LogP contribution in [0.1, 0.15) is 0 Å². The summed E-state index contributed by atoms with van der Waals surface area (Å²) in [4.78, 5) is 3.71. The Hall–Kier alpha value is -1.37. The first-order valence-electron chi connectivity index (χ1n) is 4.37. The highest BCUT2D eigenvalue weighted by atomic mass is 35.5. The van der Waals surface area contributed by atoms with Crippen LogP contribution in [0.15, 0.2) is 12.3 Å². The van der Waals surface area contributed by atoms with Gasteiger partial charge < -0.3 is 14.8 Å². The summed E-state index contributed by atoms with van der Waals surface area (Å²) in [7, 11) is 2.99. The fourth-order valence-corrected chi connectivity index (χ4v) is 0.974. The van der Waals surface area contributed by atoms with Crippen LogP contribution in [0.5, 0.6) is 11.6 Å². The van der Waals surface area contributed by atoms with Gasteiger partial charge in [-0.3, -0.25) is 0 Å². The maximum absolute atomic E-state index is 11.9. The van der Waals surface area contributed by atoms with E-state index in [1.807, 2.05) is 0 Å². The molecule has 0 unspecified atom stereocenters. The number of methoxy groups -OCH3 is 1. The summed E-state index contributed by atoms with van der Waals surface area (Å²) in [6.45, 7) is -1.39. The van der Waals surface area contributed by atoms with Crippen molar-refractivity contribution in [3.05, 3.63) is 12.3 Å². The number of anilines is 1. The molecular weight excluding hydrogens is 261 g/mol. The number of hydrogen-bond donors (Lipinski definition) is 1. The molecule has 98 valence electrons. The monoisotopic (exact) mass is 272 g/mol. The van der Waals surface area contributed by atoms with Gasteiger partial charge in [0.1, 0.15) is 0 Å². The van der Waals surface area contributed by atoms with Gasteiger partial charge in [0, 0.05) is 13.1 Å². The Morgan fingerprint density at radius 1 is 1.41 bits per heavy atom. The van der Waals surface area contributed by atoms with Gasteiger partial charge in [0.25, 0.3) is 5.88 Å². The standard InChI is InChI=1S/C9H11F3N2O2.ClH/c1-13-6-3-7(15-2)8(14-4-6)16-5-9(10,11)12;/h3-4,13H,5H2,1-2H3;1H. The van der Waals surface area contributed by atoms with Crippen LogP contribution in [0.25, 0.3) is 0 Å². The van der Waals surface area contributed by atoms with Crippen molar-refractivity contribution in [1.29, 1.82) is 0 Å². The Balaban J connectivity index is 0.00000256. The number of nitrogens with one attached hydrogen (secondary N) is 1. The maximum Gasteiger partial charge on any atom is 0.422 e. The van der Waals surface area contributed by atoms with Crippen molar-refractivity contribution in [3.63, 3.8) is 0 Å². The fourth-order valence-electron chi connectivity index (χ4n) is 0.974. The number of halogens is 4. The Labute approximate surface area is 103 Å². The molecule has 17 heavy (non-hydrogen) atoms. The van der Waals surface area contributed by atoms with E-state index in [1.165, 1.54) is 19.4 Å². The second-order valence-electron chi connectivity index (χ2n) is 2.89. The third-order valence-corrected chi connectivity index (χ3v) is 1.70. The summed E-state index contributed by atoms with van der Waals surface area (Å²) in [5.74, 6) is -0.0325. The van der Waals surface area contributed by atoms with Gasteiger partial charge in [0.05, 0.1) is 19.0 Å². The zero-order valence-corrected chi connectivity index (χ0v) is 9.98. The normalized spacial score (nSPS) is 10.4. The zero-order valence-electron chi connectivity index (χ0n) is 9.17. The second kappa shape index (κ2) is 6.39. The second-order valence-corrected chi connectivity index (χ2v) is 2.89. The van der Waals surface area contributed by atoms with E-state index in [9.17, 15) is 13.2 Å². The first-order chi connectivity index (χ1) is 7.46. The highest BCUT2D eigenvalue weighted by Gasteiger charge is 2.29. The van der Waals surface area contributed by atoms with Crippen molar-refractivity contribution in [2.75, 3.05) is 26.1 Å². The number of aromatic nitrogens is 1. The van der Waals surface area contributed by atoms with Crippen LogP contribution in [0.3, 0.4) is 0 Å². The van der Waals surface area contributed by atoms with E-state index >= 15 is 0 Å². The van der Waals surface area contributed by atoms with Crippen molar-refractivity contribution in [2.24, 2.45) is 0 Å². The smallest absolute Gasteiger partial charge is 0.422 e. The Bertz CT molecular complexity index is 361. The van der Waals surface area contributed by atoms with Gasteiger partial charge >= 0.3 is 6.18 Å². The van der Waals surface area contributed by atoms with Crippen molar-refractivity contribution >= 4 is 18.1 Å². The number of hydrogen-bond acceptors (Lipinski definition) is 4. The lowest BCUT2D eigenvalue weighted by Crippen LogP contribution is -2.20. The van der Waals surface area contributed by atoms with E-state index in [0.717, 1.165) is 0 Å². The van der Waals surface area contributed by atoms with Crippen LogP contribution >= 0.6 is 12.4 Å². The number of ether oxygens (including phenoxy) is 2. The fraction of sp³-hybridized carbons (Fsp3) is 0.444. The minimum Gasteiger partial charge on any atom is -0.491 e. The van der Waals surface area contributed by atoms with Crippen molar-refractivity contribution in [3.8, 4) is 11.6 Å². The molecular formula is C9H12ClF3N2O2. The molecule has 4 nitrogen and oxygen atoms in total. The van der Waals surface area contributed by atoms with E-state index < -0.39 is 12.8 Å². The molecule has 1 rings (SSSR count). The van der Waals surface area contributed by atoms with Gasteiger partial charge in [-0.25, -0.2) is 4.98 Å². The number of rotatable bonds is 4. The number of alkyl halides is 3.